The van der Waals surface area contributed by atoms with Gasteiger partial charge in [0.2, 0.25) is 0 Å². The molecule has 17 heavy (non-hydrogen) atoms. The lowest BCUT2D eigenvalue weighted by molar-refractivity contribution is -0.143. The molecule has 1 N–H and O–H groups in total. The first-order valence-corrected chi connectivity index (χ1v) is 5.64. The van der Waals surface area contributed by atoms with E-state index in [1.54, 1.807) is 13.2 Å². The number of carbonyl (C=O) groups excluding carboxylic acids is 1. The van der Waals surface area contributed by atoms with Gasteiger partial charge in [-0.25, -0.2) is 4.98 Å². The lowest BCUT2D eigenvalue weighted by atomic mass is 10.2. The summed E-state index contributed by atoms with van der Waals surface area (Å²) in [6, 6.07) is 3.76. The molecule has 0 unspecified atom stereocenters. The Bertz CT molecular complexity index is 369. The molecule has 0 bridgehead atoms. The van der Waals surface area contributed by atoms with Crippen LogP contribution in [-0.2, 0) is 16.1 Å². The van der Waals surface area contributed by atoms with Crippen LogP contribution < -0.4 is 10.2 Å². The van der Waals surface area contributed by atoms with Gasteiger partial charge in [0.25, 0.3) is 0 Å². The Morgan fingerprint density at radius 3 is 3.00 bits per heavy atom. The quantitative estimate of drug-likeness (QED) is 0.742. The SMILES string of the molecule is CCN(C)c1ncccc1COC(=O)CNC. The predicted octanol–water partition coefficient (Wildman–Crippen LogP) is 0.800. The molecule has 1 aromatic heterocycles. The lowest BCUT2D eigenvalue weighted by Crippen LogP contribution is -2.22. The smallest absolute Gasteiger partial charge is 0.320 e. The highest BCUT2D eigenvalue weighted by Crippen LogP contribution is 2.16. The molecule has 0 aromatic carbocycles. The molecule has 0 spiro atoms. The van der Waals surface area contributed by atoms with Crippen molar-refractivity contribution in [1.82, 2.24) is 10.3 Å². The van der Waals surface area contributed by atoms with Crippen molar-refractivity contribution in [2.45, 2.75) is 13.5 Å². The second-order valence-electron chi connectivity index (χ2n) is 3.69. The number of esters is 1. The van der Waals surface area contributed by atoms with Crippen molar-refractivity contribution in [3.63, 3.8) is 0 Å². The van der Waals surface area contributed by atoms with E-state index < -0.39 is 0 Å². The monoisotopic (exact) mass is 237 g/mol. The number of carbonyl (C=O) groups is 1. The largest absolute Gasteiger partial charge is 0.460 e. The second-order valence-corrected chi connectivity index (χ2v) is 3.69. The minimum absolute atomic E-state index is 0.221. The molecular weight excluding hydrogens is 218 g/mol. The van der Waals surface area contributed by atoms with E-state index in [1.807, 2.05) is 31.0 Å². The standard InChI is InChI=1S/C12H19N3O2/c1-4-15(3)12-10(6-5-7-14-12)9-17-11(16)8-13-2/h5-7,13H,4,8-9H2,1-3H3. The van der Waals surface area contributed by atoms with E-state index in [0.717, 1.165) is 17.9 Å². The third-order valence-electron chi connectivity index (χ3n) is 2.41. The average molecular weight is 237 g/mol. The molecule has 0 amide bonds. The first-order valence-electron chi connectivity index (χ1n) is 5.64. The maximum Gasteiger partial charge on any atom is 0.320 e. The predicted molar refractivity (Wildman–Crippen MR) is 66.9 cm³/mol. The molecule has 0 radical (unpaired) electrons. The number of nitrogens with zero attached hydrogens (tertiary/aromatic N) is 2. The zero-order valence-electron chi connectivity index (χ0n) is 10.6. The number of rotatable bonds is 6. The van der Waals surface area contributed by atoms with Crippen LogP contribution in [0.4, 0.5) is 5.82 Å². The summed E-state index contributed by atoms with van der Waals surface area (Å²) in [5.41, 5.74) is 0.918. The Morgan fingerprint density at radius 2 is 2.35 bits per heavy atom. The number of anilines is 1. The topological polar surface area (TPSA) is 54.5 Å². The highest BCUT2D eigenvalue weighted by atomic mass is 16.5. The summed E-state index contributed by atoms with van der Waals surface area (Å²) in [6.45, 7) is 3.38. The van der Waals surface area contributed by atoms with E-state index in [0.29, 0.717) is 0 Å². The van der Waals surface area contributed by atoms with Crippen molar-refractivity contribution >= 4 is 11.8 Å². The molecule has 0 fully saturated rings. The van der Waals surface area contributed by atoms with E-state index in [-0.39, 0.29) is 19.1 Å². The second kappa shape index (κ2) is 6.85. The molecular formula is C12H19N3O2. The molecule has 0 aliphatic carbocycles. The minimum atomic E-state index is -0.263. The number of likely N-dealkylation sites (N-methyl/N-ethyl adjacent to an activating group) is 1. The highest BCUT2D eigenvalue weighted by Gasteiger charge is 2.09. The van der Waals surface area contributed by atoms with Crippen molar-refractivity contribution in [3.05, 3.63) is 23.9 Å². The van der Waals surface area contributed by atoms with Gasteiger partial charge in [-0.2, -0.15) is 0 Å². The number of nitrogens with one attached hydrogen (secondary N) is 1. The summed E-state index contributed by atoms with van der Waals surface area (Å²) in [5.74, 6) is 0.591. The van der Waals surface area contributed by atoms with Gasteiger partial charge in [0.1, 0.15) is 12.4 Å². The van der Waals surface area contributed by atoms with E-state index in [1.165, 1.54) is 0 Å². The summed E-state index contributed by atoms with van der Waals surface area (Å²) in [5, 5.41) is 2.75. The van der Waals surface area contributed by atoms with E-state index >= 15 is 0 Å². The van der Waals surface area contributed by atoms with E-state index in [9.17, 15) is 4.79 Å². The first-order chi connectivity index (χ1) is 8.19. The Morgan fingerprint density at radius 1 is 1.59 bits per heavy atom. The van der Waals surface area contributed by atoms with Crippen LogP contribution in [0.25, 0.3) is 0 Å². The summed E-state index contributed by atoms with van der Waals surface area (Å²) >= 11 is 0. The molecule has 0 saturated heterocycles. The first kappa shape index (κ1) is 13.4. The zero-order chi connectivity index (χ0) is 12.7. The molecule has 1 aromatic rings. The van der Waals surface area contributed by atoms with Gasteiger partial charge in [-0.05, 0) is 20.0 Å². The lowest BCUT2D eigenvalue weighted by Gasteiger charge is -2.18. The Kier molecular flexibility index (Phi) is 5.42. The highest BCUT2D eigenvalue weighted by molar-refractivity contribution is 5.71. The zero-order valence-corrected chi connectivity index (χ0v) is 10.6. The molecule has 94 valence electrons. The molecule has 0 saturated carbocycles. The van der Waals surface area contributed by atoms with Gasteiger partial charge >= 0.3 is 5.97 Å². The molecule has 5 heteroatoms. The van der Waals surface area contributed by atoms with Crippen LogP contribution in [0.5, 0.6) is 0 Å². The number of ether oxygens (including phenoxy) is 1. The van der Waals surface area contributed by atoms with Gasteiger partial charge in [0.15, 0.2) is 0 Å². The van der Waals surface area contributed by atoms with Gasteiger partial charge in [-0.3, -0.25) is 4.79 Å². The van der Waals surface area contributed by atoms with Gasteiger partial charge in [0, 0.05) is 25.4 Å². The number of pyridine rings is 1. The number of hydrogen-bond donors (Lipinski definition) is 1. The fourth-order valence-electron chi connectivity index (χ4n) is 1.39. The third kappa shape index (κ3) is 4.03. The third-order valence-corrected chi connectivity index (χ3v) is 2.41. The Balaban J connectivity index is 2.67. The maximum absolute atomic E-state index is 11.2. The fraction of sp³-hybridized carbons (Fsp3) is 0.500. The summed E-state index contributed by atoms with van der Waals surface area (Å²) < 4.78 is 5.14. The van der Waals surface area contributed by atoms with Crippen LogP contribution in [0.2, 0.25) is 0 Å². The summed E-state index contributed by atoms with van der Waals surface area (Å²) in [6.07, 6.45) is 1.74. The van der Waals surface area contributed by atoms with Crippen LogP contribution in [-0.4, -0.2) is 38.1 Å². The van der Waals surface area contributed by atoms with Crippen LogP contribution >= 0.6 is 0 Å². The summed E-state index contributed by atoms with van der Waals surface area (Å²) in [7, 11) is 3.67. The van der Waals surface area contributed by atoms with Crippen LogP contribution in [0.3, 0.4) is 0 Å². The molecule has 5 nitrogen and oxygen atoms in total. The molecule has 1 heterocycles. The molecule has 0 aliphatic rings. The van der Waals surface area contributed by atoms with Gasteiger partial charge in [-0.1, -0.05) is 6.07 Å². The van der Waals surface area contributed by atoms with Crippen LogP contribution in [0, 0.1) is 0 Å². The van der Waals surface area contributed by atoms with E-state index in [2.05, 4.69) is 10.3 Å². The van der Waals surface area contributed by atoms with Crippen LogP contribution in [0.15, 0.2) is 18.3 Å². The van der Waals surface area contributed by atoms with Gasteiger partial charge in [0.05, 0.1) is 6.54 Å². The molecule has 1 rings (SSSR count). The maximum atomic E-state index is 11.2. The minimum Gasteiger partial charge on any atom is -0.460 e. The Labute approximate surface area is 102 Å². The fourth-order valence-corrected chi connectivity index (χ4v) is 1.39. The average Bonchev–Trinajstić information content (AvgIpc) is 2.36. The van der Waals surface area contributed by atoms with Crippen molar-refractivity contribution in [3.8, 4) is 0 Å². The van der Waals surface area contributed by atoms with E-state index in [4.69, 9.17) is 4.74 Å². The molecule has 0 aliphatic heterocycles. The van der Waals surface area contributed by atoms with Crippen molar-refractivity contribution in [2.24, 2.45) is 0 Å². The summed E-state index contributed by atoms with van der Waals surface area (Å²) in [4.78, 5) is 17.6. The van der Waals surface area contributed by atoms with Crippen molar-refractivity contribution < 1.29 is 9.53 Å². The number of aromatic nitrogens is 1. The van der Waals surface area contributed by atoms with Crippen molar-refractivity contribution in [2.75, 3.05) is 32.1 Å². The van der Waals surface area contributed by atoms with Gasteiger partial charge in [-0.15, -0.1) is 0 Å². The number of hydrogen-bond acceptors (Lipinski definition) is 5. The Hall–Kier alpha value is -1.62. The van der Waals surface area contributed by atoms with Crippen LogP contribution in [0.1, 0.15) is 12.5 Å². The van der Waals surface area contributed by atoms with Crippen molar-refractivity contribution in [1.29, 1.82) is 0 Å². The van der Waals surface area contributed by atoms with Gasteiger partial charge < -0.3 is 15.0 Å². The normalized spacial score (nSPS) is 10.1. The molecule has 0 atom stereocenters.